The summed E-state index contributed by atoms with van der Waals surface area (Å²) in [6.07, 6.45) is 1.55. The van der Waals surface area contributed by atoms with E-state index in [1.54, 1.807) is 42.5 Å². The molecule has 0 aliphatic carbocycles. The van der Waals surface area contributed by atoms with Gasteiger partial charge in [-0.2, -0.15) is 5.10 Å². The van der Waals surface area contributed by atoms with Gasteiger partial charge in [0, 0.05) is 34.1 Å². The molecule has 3 aromatic carbocycles. The van der Waals surface area contributed by atoms with Crippen molar-refractivity contribution in [1.82, 2.24) is 10.7 Å². The molecule has 0 spiro atoms. The van der Waals surface area contributed by atoms with Crippen LogP contribution in [0.15, 0.2) is 64.2 Å². The van der Waals surface area contributed by atoms with E-state index < -0.39 is 0 Å². The number of carbonyl (C=O) groups excluding carboxylic acids is 2. The van der Waals surface area contributed by atoms with Crippen LogP contribution in [0.25, 0.3) is 0 Å². The first-order chi connectivity index (χ1) is 16.7. The van der Waals surface area contributed by atoms with Crippen molar-refractivity contribution in [2.45, 2.75) is 13.0 Å². The first-order valence-corrected chi connectivity index (χ1v) is 12.4. The van der Waals surface area contributed by atoms with E-state index in [0.717, 1.165) is 11.1 Å². The molecule has 0 aliphatic rings. The molecule has 2 amide bonds. The van der Waals surface area contributed by atoms with Gasteiger partial charge in [0.2, 0.25) is 5.91 Å². The van der Waals surface area contributed by atoms with Crippen molar-refractivity contribution in [2.75, 3.05) is 6.54 Å². The lowest BCUT2D eigenvalue weighted by molar-refractivity contribution is -0.120. The average molecular weight is 618 g/mol. The normalized spacial score (nSPS) is 10.9. The van der Waals surface area contributed by atoms with Crippen LogP contribution >= 0.6 is 62.3 Å². The van der Waals surface area contributed by atoms with Gasteiger partial charge in [-0.3, -0.25) is 9.59 Å². The molecule has 11 heteroatoms. The Morgan fingerprint density at radius 1 is 0.943 bits per heavy atom. The lowest BCUT2D eigenvalue weighted by Crippen LogP contribution is -2.29. The fraction of sp³-hybridized carbons (Fsp3) is 0.125. The van der Waals surface area contributed by atoms with Gasteiger partial charge in [0.05, 0.1) is 20.7 Å². The maximum atomic E-state index is 12.1. The molecule has 0 unspecified atom stereocenters. The zero-order chi connectivity index (χ0) is 25.4. The second kappa shape index (κ2) is 13.1. The minimum absolute atomic E-state index is 0.0497. The van der Waals surface area contributed by atoms with Crippen molar-refractivity contribution in [3.05, 3.63) is 95.9 Å². The lowest BCUT2D eigenvalue weighted by Gasteiger charge is -2.10. The zero-order valence-electron chi connectivity index (χ0n) is 18.0. The van der Waals surface area contributed by atoms with Gasteiger partial charge < -0.3 is 10.1 Å². The van der Waals surface area contributed by atoms with Crippen LogP contribution in [0.2, 0.25) is 20.1 Å². The molecule has 0 saturated heterocycles. The van der Waals surface area contributed by atoms with E-state index in [2.05, 4.69) is 31.8 Å². The fourth-order valence-corrected chi connectivity index (χ4v) is 4.04. The molecular weight excluding hydrogens is 600 g/mol. The summed E-state index contributed by atoms with van der Waals surface area (Å²) in [7, 11) is 0. The number of ether oxygens (including phenoxy) is 1. The Balaban J connectivity index is 1.43. The number of rotatable bonds is 9. The molecule has 0 aromatic heterocycles. The highest BCUT2D eigenvalue weighted by Gasteiger charge is 2.09. The van der Waals surface area contributed by atoms with Crippen molar-refractivity contribution in [3.8, 4) is 5.75 Å². The molecule has 0 radical (unpaired) electrons. The average Bonchev–Trinajstić information content (AvgIpc) is 2.81. The van der Waals surface area contributed by atoms with Gasteiger partial charge in [0.15, 0.2) is 0 Å². The van der Waals surface area contributed by atoms with E-state index >= 15 is 0 Å². The quantitative estimate of drug-likeness (QED) is 0.202. The number of halogens is 5. The molecule has 0 aliphatic heterocycles. The van der Waals surface area contributed by atoms with Crippen LogP contribution in [0.1, 0.15) is 27.9 Å². The summed E-state index contributed by atoms with van der Waals surface area (Å²) < 4.78 is 6.52. The highest BCUT2D eigenvalue weighted by Crippen LogP contribution is 2.28. The summed E-state index contributed by atoms with van der Waals surface area (Å²) in [5.74, 6) is -0.0881. The molecule has 0 bridgehead atoms. The third-order valence-electron chi connectivity index (χ3n) is 4.58. The number of benzene rings is 3. The minimum Gasteiger partial charge on any atom is -0.488 e. The summed E-state index contributed by atoms with van der Waals surface area (Å²) in [4.78, 5) is 24.1. The van der Waals surface area contributed by atoms with E-state index in [1.165, 1.54) is 18.3 Å². The number of nitrogens with one attached hydrogen (secondary N) is 2. The van der Waals surface area contributed by atoms with Crippen LogP contribution in [0.5, 0.6) is 5.75 Å². The van der Waals surface area contributed by atoms with Gasteiger partial charge in [0.1, 0.15) is 12.4 Å². The topological polar surface area (TPSA) is 79.8 Å². The van der Waals surface area contributed by atoms with Crippen LogP contribution in [0, 0.1) is 0 Å². The Hall–Kier alpha value is -2.29. The van der Waals surface area contributed by atoms with Crippen molar-refractivity contribution in [3.63, 3.8) is 0 Å². The Bertz CT molecular complexity index is 1270. The maximum Gasteiger partial charge on any atom is 0.251 e. The number of hydrazone groups is 1. The summed E-state index contributed by atoms with van der Waals surface area (Å²) >= 11 is 27.3. The molecule has 0 heterocycles. The predicted octanol–water partition coefficient (Wildman–Crippen LogP) is 6.91. The Kier molecular flexibility index (Phi) is 10.2. The molecule has 6 nitrogen and oxygen atoms in total. The van der Waals surface area contributed by atoms with Crippen LogP contribution in [0.3, 0.4) is 0 Å². The van der Waals surface area contributed by atoms with Gasteiger partial charge in [0.25, 0.3) is 5.91 Å². The lowest BCUT2D eigenvalue weighted by atomic mass is 10.2. The number of nitrogens with zero attached hydrogens (tertiary/aromatic N) is 1. The SMILES string of the molecule is O=C(CCNC(=O)c1ccc(Cl)c(Cl)c1)NN=Cc1ccc(OCc2ccc(Cl)cc2Cl)c(Br)c1. The Labute approximate surface area is 230 Å². The molecule has 3 rings (SSSR count). The number of hydrogen-bond donors (Lipinski definition) is 2. The largest absolute Gasteiger partial charge is 0.488 e. The molecule has 35 heavy (non-hydrogen) atoms. The van der Waals surface area contributed by atoms with Gasteiger partial charge in [-0.15, -0.1) is 0 Å². The van der Waals surface area contributed by atoms with E-state index in [0.29, 0.717) is 30.9 Å². The van der Waals surface area contributed by atoms with Gasteiger partial charge in [-0.1, -0.05) is 52.5 Å². The molecule has 0 atom stereocenters. The van der Waals surface area contributed by atoms with E-state index in [-0.39, 0.29) is 36.4 Å². The van der Waals surface area contributed by atoms with Crippen LogP contribution in [-0.4, -0.2) is 24.6 Å². The molecule has 182 valence electrons. The number of carbonyl (C=O) groups is 2. The second-order valence-corrected chi connectivity index (χ2v) is 9.65. The van der Waals surface area contributed by atoms with Crippen molar-refractivity contribution >= 4 is 80.4 Å². The van der Waals surface area contributed by atoms with Crippen molar-refractivity contribution in [1.29, 1.82) is 0 Å². The molecular formula is C24H18BrCl4N3O3. The summed E-state index contributed by atoms with van der Waals surface area (Å²) in [5.41, 5.74) is 4.32. The zero-order valence-corrected chi connectivity index (χ0v) is 22.6. The Morgan fingerprint density at radius 2 is 1.74 bits per heavy atom. The second-order valence-electron chi connectivity index (χ2n) is 7.14. The first-order valence-electron chi connectivity index (χ1n) is 10.1. The minimum atomic E-state index is -0.356. The molecule has 2 N–H and O–H groups in total. The third-order valence-corrected chi connectivity index (χ3v) is 6.52. The maximum absolute atomic E-state index is 12.1. The highest BCUT2D eigenvalue weighted by atomic mass is 79.9. The highest BCUT2D eigenvalue weighted by molar-refractivity contribution is 9.10. The standard InChI is InChI=1S/C24H18BrCl4N3O3/c25-18-9-14(1-6-22(18)35-13-16-2-4-17(26)11-20(16)28)12-31-32-23(33)7-8-30-24(34)15-3-5-19(27)21(29)10-15/h1-6,9-12H,7-8,13H2,(H,30,34)(H,32,33). The summed E-state index contributed by atoms with van der Waals surface area (Å²) in [6.45, 7) is 0.412. The van der Waals surface area contributed by atoms with Crippen molar-refractivity contribution < 1.29 is 14.3 Å². The van der Waals surface area contributed by atoms with Gasteiger partial charge in [-0.05, 0) is 70.0 Å². The van der Waals surface area contributed by atoms with E-state index in [4.69, 9.17) is 51.1 Å². The fourth-order valence-electron chi connectivity index (χ4n) is 2.77. The number of hydrogen-bond acceptors (Lipinski definition) is 4. The van der Waals surface area contributed by atoms with Crippen molar-refractivity contribution in [2.24, 2.45) is 5.10 Å². The smallest absolute Gasteiger partial charge is 0.251 e. The predicted molar refractivity (Wildman–Crippen MR) is 144 cm³/mol. The van der Waals surface area contributed by atoms with Gasteiger partial charge >= 0.3 is 0 Å². The van der Waals surface area contributed by atoms with Crippen LogP contribution < -0.4 is 15.5 Å². The number of amides is 2. The first kappa shape index (κ1) is 27.3. The van der Waals surface area contributed by atoms with Crippen LogP contribution in [0.4, 0.5) is 0 Å². The van der Waals surface area contributed by atoms with Gasteiger partial charge in [-0.25, -0.2) is 5.43 Å². The molecule has 0 fully saturated rings. The monoisotopic (exact) mass is 615 g/mol. The molecule has 3 aromatic rings. The van der Waals surface area contributed by atoms with E-state index in [1.807, 2.05) is 0 Å². The summed E-state index contributed by atoms with van der Waals surface area (Å²) in [5, 5.41) is 8.31. The van der Waals surface area contributed by atoms with Crippen LogP contribution in [-0.2, 0) is 11.4 Å². The summed E-state index contributed by atoms with van der Waals surface area (Å²) in [6, 6.07) is 15.1. The molecule has 0 saturated carbocycles. The van der Waals surface area contributed by atoms with E-state index in [9.17, 15) is 9.59 Å². The third kappa shape index (κ3) is 8.40. The Morgan fingerprint density at radius 3 is 2.46 bits per heavy atom.